The summed E-state index contributed by atoms with van der Waals surface area (Å²) in [4.78, 5) is 28.8. The molecule has 5 rings (SSSR count). The van der Waals surface area contributed by atoms with Crippen molar-refractivity contribution in [3.63, 3.8) is 0 Å². The number of rotatable bonds is 9. The van der Waals surface area contributed by atoms with Gasteiger partial charge in [-0.25, -0.2) is 4.79 Å². The molecule has 14 heteroatoms. The van der Waals surface area contributed by atoms with E-state index in [0.717, 1.165) is 0 Å². The molecule has 238 valence electrons. The average molecular weight is 650 g/mol. The third-order valence-corrected chi connectivity index (χ3v) is 7.21. The van der Waals surface area contributed by atoms with Gasteiger partial charge in [-0.3, -0.25) is 9.69 Å². The fourth-order valence-corrected chi connectivity index (χ4v) is 4.89. The lowest BCUT2D eigenvalue weighted by Crippen LogP contribution is -2.36. The van der Waals surface area contributed by atoms with Gasteiger partial charge in [-0.15, -0.1) is 0 Å². The number of hydrogen-bond acceptors (Lipinski definition) is 10. The highest BCUT2D eigenvalue weighted by atomic mass is 35.5. The van der Waals surface area contributed by atoms with Crippen LogP contribution in [0.4, 0.5) is 13.2 Å². The van der Waals surface area contributed by atoms with Gasteiger partial charge in [0.25, 0.3) is 5.76 Å². The van der Waals surface area contributed by atoms with Crippen molar-refractivity contribution in [2.24, 2.45) is 0 Å². The Morgan fingerprint density at radius 1 is 0.911 bits per heavy atom. The number of fused-ring (bicyclic) bond motifs is 1. The maximum atomic E-state index is 14.4. The zero-order valence-corrected chi connectivity index (χ0v) is 25.0. The predicted octanol–water partition coefficient (Wildman–Crippen LogP) is 6.33. The summed E-state index contributed by atoms with van der Waals surface area (Å²) in [7, 11) is 4.16. The second-order valence-corrected chi connectivity index (χ2v) is 10.2. The van der Waals surface area contributed by atoms with Crippen LogP contribution in [-0.4, -0.2) is 58.5 Å². The highest BCUT2D eigenvalue weighted by Crippen LogP contribution is 2.41. The second-order valence-electron chi connectivity index (χ2n) is 9.75. The summed E-state index contributed by atoms with van der Waals surface area (Å²) in [5, 5.41) is 0.119. The lowest BCUT2D eigenvalue weighted by atomic mass is 10.1. The molecular weight excluding hydrogens is 623 g/mol. The first-order chi connectivity index (χ1) is 21.5. The van der Waals surface area contributed by atoms with Gasteiger partial charge in [0.15, 0.2) is 11.5 Å². The van der Waals surface area contributed by atoms with E-state index < -0.39 is 34.7 Å². The number of ether oxygens (including phenoxy) is 6. The number of morpholine rings is 1. The quantitative estimate of drug-likeness (QED) is 0.151. The molecular formula is C31H27ClF3NO9. The maximum Gasteiger partial charge on any atom is 0.453 e. The number of carbonyl (C=O) groups is 1. The van der Waals surface area contributed by atoms with E-state index >= 15 is 0 Å². The molecule has 2 heterocycles. The molecule has 0 bridgehead atoms. The predicted molar refractivity (Wildman–Crippen MR) is 156 cm³/mol. The fourth-order valence-electron chi connectivity index (χ4n) is 4.76. The minimum Gasteiger partial charge on any atom is -0.493 e. The topological polar surface area (TPSA) is 106 Å². The lowest BCUT2D eigenvalue weighted by Gasteiger charge is -2.27. The van der Waals surface area contributed by atoms with E-state index in [0.29, 0.717) is 31.3 Å². The van der Waals surface area contributed by atoms with Crippen LogP contribution in [0.25, 0.3) is 11.0 Å². The molecule has 1 fully saturated rings. The molecule has 0 N–H and O–H groups in total. The Morgan fingerprint density at radius 3 is 2.13 bits per heavy atom. The third-order valence-electron chi connectivity index (χ3n) is 6.96. The number of carbonyl (C=O) groups excluding carboxylic acids is 1. The molecule has 0 saturated carbocycles. The molecule has 1 saturated heterocycles. The minimum absolute atomic E-state index is 0.00562. The van der Waals surface area contributed by atoms with Crippen molar-refractivity contribution in [1.29, 1.82) is 0 Å². The van der Waals surface area contributed by atoms with Crippen LogP contribution in [0, 0.1) is 0 Å². The number of esters is 1. The van der Waals surface area contributed by atoms with Crippen LogP contribution in [0.15, 0.2) is 57.7 Å². The van der Waals surface area contributed by atoms with Gasteiger partial charge in [0.2, 0.25) is 16.9 Å². The van der Waals surface area contributed by atoms with Gasteiger partial charge in [-0.05, 0) is 48.5 Å². The maximum absolute atomic E-state index is 14.4. The molecule has 0 atom stereocenters. The second kappa shape index (κ2) is 13.3. The molecule has 1 aliphatic rings. The Bertz CT molecular complexity index is 1740. The Hall–Kier alpha value is -4.46. The Balaban J connectivity index is 1.65. The van der Waals surface area contributed by atoms with Crippen LogP contribution in [0.3, 0.4) is 0 Å². The number of nitrogens with zero attached hydrogens (tertiary/aromatic N) is 1. The largest absolute Gasteiger partial charge is 0.493 e. The number of methoxy groups -OCH3 is 3. The number of halogens is 4. The van der Waals surface area contributed by atoms with E-state index in [1.165, 1.54) is 69.9 Å². The first-order valence-electron chi connectivity index (χ1n) is 13.5. The SMILES string of the molecule is COc1cc(C(=O)Oc2ccc3c(=O)c(Oc4ccc(Cl)cc4)c(C(F)(F)F)oc3c2CN2CCOCC2)cc(OC)c1OC. The smallest absolute Gasteiger partial charge is 0.453 e. The van der Waals surface area contributed by atoms with Crippen molar-refractivity contribution in [2.45, 2.75) is 12.7 Å². The van der Waals surface area contributed by atoms with Gasteiger partial charge in [0.1, 0.15) is 17.1 Å². The van der Waals surface area contributed by atoms with Gasteiger partial charge in [0, 0.05) is 24.7 Å². The third kappa shape index (κ3) is 6.80. The Morgan fingerprint density at radius 2 is 1.56 bits per heavy atom. The minimum atomic E-state index is -5.12. The standard InChI is InChI=1S/C31H27ClF3NO9/c1-39-23-14-17(15-24(40-2)27(23)41-3)30(38)44-22-9-8-20-25(37)28(43-19-6-4-18(32)5-7-19)29(31(33,34)35)45-26(20)21(22)16-36-10-12-42-13-11-36/h4-9,14-15H,10-13,16H2,1-3H3. The summed E-state index contributed by atoms with van der Waals surface area (Å²) >= 11 is 5.88. The van der Waals surface area contributed by atoms with Crippen LogP contribution < -0.4 is 29.1 Å². The molecule has 1 aliphatic heterocycles. The van der Waals surface area contributed by atoms with E-state index in [1.54, 1.807) is 0 Å². The van der Waals surface area contributed by atoms with Crippen molar-refractivity contribution < 1.29 is 50.8 Å². The molecule has 0 aliphatic carbocycles. The molecule has 4 aromatic rings. The highest BCUT2D eigenvalue weighted by molar-refractivity contribution is 6.30. The normalized spacial score (nSPS) is 13.8. The molecule has 10 nitrogen and oxygen atoms in total. The van der Waals surface area contributed by atoms with Crippen LogP contribution in [-0.2, 0) is 17.5 Å². The van der Waals surface area contributed by atoms with Crippen LogP contribution in [0.2, 0.25) is 5.02 Å². The Labute approximate surface area is 259 Å². The van der Waals surface area contributed by atoms with E-state index in [4.69, 9.17) is 44.4 Å². The van der Waals surface area contributed by atoms with E-state index in [2.05, 4.69) is 0 Å². The molecule has 0 amide bonds. The highest BCUT2D eigenvalue weighted by Gasteiger charge is 2.41. The summed E-state index contributed by atoms with van der Waals surface area (Å²) in [6, 6.07) is 10.7. The Kier molecular flexibility index (Phi) is 9.42. The number of hydrogen-bond donors (Lipinski definition) is 0. The van der Waals surface area contributed by atoms with Crippen LogP contribution >= 0.6 is 11.6 Å². The monoisotopic (exact) mass is 649 g/mol. The summed E-state index contributed by atoms with van der Waals surface area (Å²) < 4.78 is 81.0. The van der Waals surface area contributed by atoms with Crippen molar-refractivity contribution in [2.75, 3.05) is 47.6 Å². The summed E-state index contributed by atoms with van der Waals surface area (Å²) in [5.74, 6) is -3.12. The molecule has 3 aromatic carbocycles. The van der Waals surface area contributed by atoms with Gasteiger partial charge < -0.3 is 32.8 Å². The van der Waals surface area contributed by atoms with Crippen molar-refractivity contribution in [3.05, 3.63) is 80.7 Å². The summed E-state index contributed by atoms with van der Waals surface area (Å²) in [5.41, 5.74) is -1.41. The lowest BCUT2D eigenvalue weighted by molar-refractivity contribution is -0.154. The molecule has 0 unspecified atom stereocenters. The fraction of sp³-hybridized carbons (Fsp3) is 0.290. The van der Waals surface area contributed by atoms with Crippen LogP contribution in [0.1, 0.15) is 21.7 Å². The van der Waals surface area contributed by atoms with Gasteiger partial charge in [-0.1, -0.05) is 11.6 Å². The van der Waals surface area contributed by atoms with E-state index in [-0.39, 0.29) is 51.8 Å². The summed E-state index contributed by atoms with van der Waals surface area (Å²) in [6.07, 6.45) is -5.12. The zero-order chi connectivity index (χ0) is 32.3. The molecule has 0 radical (unpaired) electrons. The van der Waals surface area contributed by atoms with Crippen LogP contribution in [0.5, 0.6) is 34.5 Å². The number of alkyl halides is 3. The first-order valence-corrected chi connectivity index (χ1v) is 13.9. The average Bonchev–Trinajstić information content (AvgIpc) is 3.03. The molecule has 45 heavy (non-hydrogen) atoms. The first kappa shape index (κ1) is 31.9. The molecule has 1 aromatic heterocycles. The van der Waals surface area contributed by atoms with Crippen molar-refractivity contribution >= 4 is 28.5 Å². The van der Waals surface area contributed by atoms with Crippen molar-refractivity contribution in [1.82, 2.24) is 4.90 Å². The van der Waals surface area contributed by atoms with Gasteiger partial charge in [0.05, 0.1) is 51.1 Å². The van der Waals surface area contributed by atoms with Gasteiger partial charge >= 0.3 is 12.1 Å². The van der Waals surface area contributed by atoms with Crippen molar-refractivity contribution in [3.8, 4) is 34.5 Å². The molecule has 0 spiro atoms. The summed E-state index contributed by atoms with van der Waals surface area (Å²) in [6.45, 7) is 1.61. The zero-order valence-electron chi connectivity index (χ0n) is 24.3. The number of benzene rings is 3. The van der Waals surface area contributed by atoms with E-state index in [9.17, 15) is 22.8 Å². The van der Waals surface area contributed by atoms with Gasteiger partial charge in [-0.2, -0.15) is 13.2 Å². The van der Waals surface area contributed by atoms with E-state index in [1.807, 2.05) is 4.90 Å².